The fourth-order valence-corrected chi connectivity index (χ4v) is 6.32. The number of pyridine rings is 1. The predicted molar refractivity (Wildman–Crippen MR) is 146 cm³/mol. The van der Waals surface area contributed by atoms with E-state index >= 15 is 8.78 Å². The summed E-state index contributed by atoms with van der Waals surface area (Å²) in [4.78, 5) is 26.2. The standard InChI is InChI=1S/C31H22F6N6O/c32-17-6-15(7-18(33)9-17)8-24(27-22(12-39-14-40-27)20-3-1-2-16-11-38-5-4-19(16)20)41-25(44)13-43-29-26(28(42-43)30(34)35)21-10-23(21)31(29,36)37/h1-7,9,11-12,14,21,23-24,30H,8,10,13H2,(H,41,44). The molecule has 0 bridgehead atoms. The second-order valence-electron chi connectivity index (χ2n) is 11.0. The van der Waals surface area contributed by atoms with Gasteiger partial charge in [-0.15, -0.1) is 0 Å². The number of carbonyl (C=O) groups excluding carboxylic acids is 1. The molecule has 44 heavy (non-hydrogen) atoms. The van der Waals surface area contributed by atoms with Gasteiger partial charge in [0.25, 0.3) is 12.3 Å². The number of nitrogens with one attached hydrogen (secondary N) is 1. The number of hydrogen-bond donors (Lipinski definition) is 1. The molecule has 2 aromatic carbocycles. The van der Waals surface area contributed by atoms with Gasteiger partial charge in [0.2, 0.25) is 5.91 Å². The van der Waals surface area contributed by atoms with Crippen LogP contribution in [0.15, 0.2) is 67.4 Å². The van der Waals surface area contributed by atoms with E-state index in [1.54, 1.807) is 24.5 Å². The number of nitrogens with zero attached hydrogens (tertiary/aromatic N) is 5. The van der Waals surface area contributed by atoms with Crippen molar-refractivity contribution in [2.24, 2.45) is 5.92 Å². The van der Waals surface area contributed by atoms with E-state index in [2.05, 4.69) is 25.4 Å². The first-order valence-electron chi connectivity index (χ1n) is 13.8. The molecule has 1 N–H and O–H groups in total. The molecule has 3 atom stereocenters. The first kappa shape index (κ1) is 28.0. The quantitative estimate of drug-likeness (QED) is 0.206. The van der Waals surface area contributed by atoms with Crippen molar-refractivity contribution in [1.29, 1.82) is 0 Å². The van der Waals surface area contributed by atoms with Crippen LogP contribution in [0.4, 0.5) is 26.3 Å². The Balaban J connectivity index is 1.27. The van der Waals surface area contributed by atoms with Crippen LogP contribution in [0, 0.1) is 17.6 Å². The monoisotopic (exact) mass is 608 g/mol. The number of alkyl halides is 4. The van der Waals surface area contributed by atoms with Gasteiger partial charge < -0.3 is 5.32 Å². The highest BCUT2D eigenvalue weighted by molar-refractivity contribution is 5.96. The average molecular weight is 609 g/mol. The summed E-state index contributed by atoms with van der Waals surface area (Å²) in [7, 11) is 0. The summed E-state index contributed by atoms with van der Waals surface area (Å²) < 4.78 is 86.7. The number of fused-ring (bicyclic) bond motifs is 4. The molecule has 3 heterocycles. The van der Waals surface area contributed by atoms with Crippen molar-refractivity contribution in [1.82, 2.24) is 30.0 Å². The fraction of sp³-hybridized carbons (Fsp3) is 0.258. The van der Waals surface area contributed by atoms with Crippen molar-refractivity contribution in [3.63, 3.8) is 0 Å². The smallest absolute Gasteiger partial charge is 0.293 e. The number of benzene rings is 2. The third kappa shape index (κ3) is 4.76. The van der Waals surface area contributed by atoms with E-state index in [0.29, 0.717) is 21.9 Å². The van der Waals surface area contributed by atoms with E-state index in [0.717, 1.165) is 22.9 Å². The largest absolute Gasteiger partial charge is 0.346 e. The third-order valence-corrected chi connectivity index (χ3v) is 8.20. The SMILES string of the molecule is O=C(Cn1nc(C(F)F)c2c1C(F)(F)C1CC21)NC(Cc1cc(F)cc(F)c1)c1ncncc1-c1cccc2cnccc12. The molecule has 224 valence electrons. The lowest BCUT2D eigenvalue weighted by Gasteiger charge is -2.22. The second kappa shape index (κ2) is 10.4. The minimum atomic E-state index is -3.40. The fourth-order valence-electron chi connectivity index (χ4n) is 6.32. The van der Waals surface area contributed by atoms with Crippen molar-refractivity contribution in [2.75, 3.05) is 0 Å². The summed E-state index contributed by atoms with van der Waals surface area (Å²) >= 11 is 0. The van der Waals surface area contributed by atoms with Gasteiger partial charge in [0.05, 0.1) is 11.7 Å². The van der Waals surface area contributed by atoms with Gasteiger partial charge in [0.1, 0.15) is 35.9 Å². The number of amides is 1. The zero-order valence-electron chi connectivity index (χ0n) is 22.7. The van der Waals surface area contributed by atoms with Crippen molar-refractivity contribution >= 4 is 16.7 Å². The topological polar surface area (TPSA) is 85.6 Å². The Hall–Kier alpha value is -4.81. The molecule has 7 nitrogen and oxygen atoms in total. The summed E-state index contributed by atoms with van der Waals surface area (Å²) in [5.74, 6) is -7.69. The Morgan fingerprint density at radius 3 is 2.59 bits per heavy atom. The van der Waals surface area contributed by atoms with Gasteiger partial charge in [-0.3, -0.25) is 14.5 Å². The van der Waals surface area contributed by atoms with Crippen LogP contribution in [0.2, 0.25) is 0 Å². The van der Waals surface area contributed by atoms with Crippen LogP contribution in [-0.2, 0) is 23.7 Å². The van der Waals surface area contributed by atoms with Gasteiger partial charge in [0, 0.05) is 47.1 Å². The lowest BCUT2D eigenvalue weighted by molar-refractivity contribution is -0.123. The molecule has 0 spiro atoms. The molecule has 13 heteroatoms. The summed E-state index contributed by atoms with van der Waals surface area (Å²) in [6, 6.07) is 9.16. The minimum absolute atomic E-state index is 0.0879. The maximum Gasteiger partial charge on any atom is 0.293 e. The first-order valence-corrected chi connectivity index (χ1v) is 13.8. The normalized spacial score (nSPS) is 18.7. The van der Waals surface area contributed by atoms with Crippen molar-refractivity contribution in [3.8, 4) is 11.1 Å². The van der Waals surface area contributed by atoms with Crippen molar-refractivity contribution < 1.29 is 31.1 Å². The van der Waals surface area contributed by atoms with Gasteiger partial charge in [-0.2, -0.15) is 13.9 Å². The molecule has 1 fully saturated rings. The summed E-state index contributed by atoms with van der Waals surface area (Å²) in [5.41, 5.74) is 0.0680. The molecule has 7 rings (SSSR count). The Bertz CT molecular complexity index is 1900. The zero-order chi connectivity index (χ0) is 30.7. The molecular weight excluding hydrogens is 586 g/mol. The molecule has 0 saturated heterocycles. The highest BCUT2D eigenvalue weighted by Crippen LogP contribution is 2.68. The number of carbonyl (C=O) groups is 1. The number of hydrogen-bond acceptors (Lipinski definition) is 5. The molecule has 3 aromatic heterocycles. The molecule has 1 saturated carbocycles. The Morgan fingerprint density at radius 2 is 1.82 bits per heavy atom. The van der Waals surface area contributed by atoms with Crippen LogP contribution in [-0.4, -0.2) is 30.6 Å². The Morgan fingerprint density at radius 1 is 1.02 bits per heavy atom. The van der Waals surface area contributed by atoms with Gasteiger partial charge in [-0.25, -0.2) is 27.5 Å². The van der Waals surface area contributed by atoms with E-state index in [-0.39, 0.29) is 29.7 Å². The van der Waals surface area contributed by atoms with Crippen molar-refractivity contribution in [3.05, 3.63) is 107 Å². The highest BCUT2D eigenvalue weighted by atomic mass is 19.3. The van der Waals surface area contributed by atoms with E-state index in [1.807, 2.05) is 12.1 Å². The predicted octanol–water partition coefficient (Wildman–Crippen LogP) is 6.41. The van der Waals surface area contributed by atoms with Crippen LogP contribution in [0.3, 0.4) is 0 Å². The molecule has 2 aliphatic carbocycles. The van der Waals surface area contributed by atoms with E-state index in [1.165, 1.54) is 12.5 Å². The number of rotatable bonds is 8. The van der Waals surface area contributed by atoms with Crippen LogP contribution < -0.4 is 5.32 Å². The summed E-state index contributed by atoms with van der Waals surface area (Å²) in [6.45, 7) is -0.779. The van der Waals surface area contributed by atoms with E-state index < -0.39 is 65.7 Å². The Kier molecular flexibility index (Phi) is 6.63. The highest BCUT2D eigenvalue weighted by Gasteiger charge is 2.67. The maximum atomic E-state index is 15.1. The third-order valence-electron chi connectivity index (χ3n) is 8.20. The second-order valence-corrected chi connectivity index (χ2v) is 11.0. The van der Waals surface area contributed by atoms with Crippen molar-refractivity contribution in [2.45, 2.75) is 43.7 Å². The molecule has 5 aromatic rings. The van der Waals surface area contributed by atoms with Gasteiger partial charge >= 0.3 is 0 Å². The maximum absolute atomic E-state index is 15.1. The molecular formula is C31H22F6N6O. The zero-order valence-corrected chi connectivity index (χ0v) is 22.7. The summed E-state index contributed by atoms with van der Waals surface area (Å²) in [6.07, 6.45) is 2.93. The molecule has 2 aliphatic rings. The van der Waals surface area contributed by atoms with Crippen LogP contribution >= 0.6 is 0 Å². The number of aromatic nitrogens is 5. The van der Waals surface area contributed by atoms with Crippen LogP contribution in [0.25, 0.3) is 21.9 Å². The van der Waals surface area contributed by atoms with E-state index in [4.69, 9.17) is 0 Å². The molecule has 0 radical (unpaired) electrons. The number of halogens is 6. The first-order chi connectivity index (χ1) is 21.1. The van der Waals surface area contributed by atoms with Gasteiger partial charge in [-0.05, 0) is 53.5 Å². The Labute approximate surface area is 246 Å². The minimum Gasteiger partial charge on any atom is -0.346 e. The molecule has 1 amide bonds. The average Bonchev–Trinajstić information content (AvgIpc) is 3.64. The lowest BCUT2D eigenvalue weighted by Crippen LogP contribution is -2.35. The van der Waals surface area contributed by atoms with Crippen LogP contribution in [0.5, 0.6) is 0 Å². The van der Waals surface area contributed by atoms with Gasteiger partial charge in [0.15, 0.2) is 0 Å². The lowest BCUT2D eigenvalue weighted by atomic mass is 9.94. The van der Waals surface area contributed by atoms with Gasteiger partial charge in [-0.1, -0.05) is 18.2 Å². The van der Waals surface area contributed by atoms with E-state index in [9.17, 15) is 22.4 Å². The molecule has 3 unspecified atom stereocenters. The van der Waals surface area contributed by atoms with Crippen LogP contribution in [0.1, 0.15) is 53.0 Å². The summed E-state index contributed by atoms with van der Waals surface area (Å²) in [5, 5.41) is 8.07. The molecule has 0 aliphatic heterocycles.